The number of likely N-dealkylation sites (N-methyl/N-ethyl adjacent to an activating group) is 1. The Bertz CT molecular complexity index is 579. The van der Waals surface area contributed by atoms with Crippen molar-refractivity contribution in [3.05, 3.63) is 24.1 Å². The predicted octanol–water partition coefficient (Wildman–Crippen LogP) is 0.419. The summed E-state index contributed by atoms with van der Waals surface area (Å²) >= 11 is 0. The molecule has 1 unspecified atom stereocenters. The second-order valence-electron chi connectivity index (χ2n) is 4.07. The van der Waals surface area contributed by atoms with Gasteiger partial charge < -0.3 is 20.2 Å². The van der Waals surface area contributed by atoms with E-state index in [0.29, 0.717) is 22.7 Å². The molecule has 0 aliphatic rings. The Hall–Kier alpha value is -1.92. The van der Waals surface area contributed by atoms with Crippen LogP contribution in [0.5, 0.6) is 0 Å². The molecule has 1 amide bonds. The van der Waals surface area contributed by atoms with Gasteiger partial charge in [0.25, 0.3) is 0 Å². The Kier molecular flexibility index (Phi) is 3.31. The summed E-state index contributed by atoms with van der Waals surface area (Å²) in [6.07, 6.45) is 0. The molecule has 3 N–H and O–H groups in total. The lowest BCUT2D eigenvalue weighted by molar-refractivity contribution is -0.120. The second kappa shape index (κ2) is 4.75. The first-order valence-electron chi connectivity index (χ1n) is 5.54. The lowest BCUT2D eigenvalue weighted by Gasteiger charge is -2.20. The van der Waals surface area contributed by atoms with E-state index >= 15 is 0 Å². The number of aliphatic hydroxyl groups is 1. The summed E-state index contributed by atoms with van der Waals surface area (Å²) in [6.45, 7) is 1.38. The first kappa shape index (κ1) is 12.5. The van der Waals surface area contributed by atoms with E-state index in [1.54, 1.807) is 32.2 Å². The molecule has 0 saturated carbocycles. The van der Waals surface area contributed by atoms with Gasteiger partial charge in [0.15, 0.2) is 11.5 Å². The molecule has 0 radical (unpaired) electrons. The van der Waals surface area contributed by atoms with Crippen molar-refractivity contribution in [3.8, 4) is 0 Å². The Labute approximate surface area is 104 Å². The molecule has 0 saturated heterocycles. The van der Waals surface area contributed by atoms with Crippen LogP contribution >= 0.6 is 0 Å². The zero-order valence-electron chi connectivity index (χ0n) is 10.3. The number of aryl methyl sites for hydroxylation is 1. The Balaban J connectivity index is 2.32. The normalized spacial score (nSPS) is 12.7. The molecule has 0 aliphatic heterocycles. The largest absolute Gasteiger partial charge is 0.441 e. The predicted molar refractivity (Wildman–Crippen MR) is 67.2 cm³/mol. The van der Waals surface area contributed by atoms with Crippen LogP contribution in [0, 0.1) is 6.92 Å². The molecular formula is C12H15N3O3. The zero-order chi connectivity index (χ0) is 13.3. The van der Waals surface area contributed by atoms with Crippen molar-refractivity contribution in [2.75, 3.05) is 18.6 Å². The van der Waals surface area contributed by atoms with Crippen LogP contribution in [0.4, 0.5) is 5.69 Å². The fourth-order valence-electron chi connectivity index (χ4n) is 1.69. The van der Waals surface area contributed by atoms with Crippen LogP contribution in [0.25, 0.3) is 11.1 Å². The molecule has 96 valence electrons. The number of rotatable bonds is 3. The summed E-state index contributed by atoms with van der Waals surface area (Å²) in [7, 11) is 1.60. The van der Waals surface area contributed by atoms with Gasteiger partial charge in [-0.25, -0.2) is 4.98 Å². The van der Waals surface area contributed by atoms with E-state index in [4.69, 9.17) is 15.3 Å². The summed E-state index contributed by atoms with van der Waals surface area (Å²) in [5.41, 5.74) is 7.51. The highest BCUT2D eigenvalue weighted by Crippen LogP contribution is 2.22. The van der Waals surface area contributed by atoms with Gasteiger partial charge in [-0.1, -0.05) is 0 Å². The molecule has 1 aromatic heterocycles. The highest BCUT2D eigenvalue weighted by Gasteiger charge is 2.19. The average Bonchev–Trinajstić information content (AvgIpc) is 2.74. The van der Waals surface area contributed by atoms with Crippen molar-refractivity contribution in [3.63, 3.8) is 0 Å². The van der Waals surface area contributed by atoms with Gasteiger partial charge in [-0.05, 0) is 18.2 Å². The second-order valence-corrected chi connectivity index (χ2v) is 4.07. The fraction of sp³-hybridized carbons (Fsp3) is 0.333. The maximum atomic E-state index is 11.8. The van der Waals surface area contributed by atoms with Crippen LogP contribution in [-0.2, 0) is 4.79 Å². The van der Waals surface area contributed by atoms with Gasteiger partial charge in [-0.15, -0.1) is 0 Å². The Morgan fingerprint density at radius 2 is 2.33 bits per heavy atom. The minimum Gasteiger partial charge on any atom is -0.441 e. The molecule has 1 aromatic carbocycles. The topological polar surface area (TPSA) is 92.6 Å². The van der Waals surface area contributed by atoms with Gasteiger partial charge in [0.1, 0.15) is 11.6 Å². The van der Waals surface area contributed by atoms with Gasteiger partial charge in [-0.3, -0.25) is 4.79 Å². The lowest BCUT2D eigenvalue weighted by atomic mass is 10.2. The standard InChI is InChI=1S/C12H15N3O3/c1-7-14-10-5-8(3-4-11(10)18-7)15(2)12(17)9(13)6-16/h3-5,9,16H,6,13H2,1-2H3. The minimum absolute atomic E-state index is 0.350. The number of carbonyl (C=O) groups excluding carboxylic acids is 1. The minimum atomic E-state index is -0.912. The van der Waals surface area contributed by atoms with Crippen LogP contribution in [-0.4, -0.2) is 35.7 Å². The molecular weight excluding hydrogens is 234 g/mol. The summed E-state index contributed by atoms with van der Waals surface area (Å²) in [5, 5.41) is 8.88. The molecule has 6 nitrogen and oxygen atoms in total. The molecule has 6 heteroatoms. The van der Waals surface area contributed by atoms with E-state index in [-0.39, 0.29) is 12.5 Å². The van der Waals surface area contributed by atoms with Crippen LogP contribution in [0.3, 0.4) is 0 Å². The van der Waals surface area contributed by atoms with Crippen LogP contribution in [0.1, 0.15) is 5.89 Å². The number of amides is 1. The molecule has 0 bridgehead atoms. The number of fused-ring (bicyclic) bond motifs is 1. The molecule has 0 aliphatic carbocycles. The molecule has 1 atom stereocenters. The molecule has 0 fully saturated rings. The van der Waals surface area contributed by atoms with Gasteiger partial charge in [0.2, 0.25) is 5.91 Å². The van der Waals surface area contributed by atoms with Gasteiger partial charge in [-0.2, -0.15) is 0 Å². The van der Waals surface area contributed by atoms with E-state index < -0.39 is 6.04 Å². The fourth-order valence-corrected chi connectivity index (χ4v) is 1.69. The lowest BCUT2D eigenvalue weighted by Crippen LogP contribution is -2.44. The van der Waals surface area contributed by atoms with E-state index in [0.717, 1.165) is 0 Å². The number of benzene rings is 1. The third-order valence-corrected chi connectivity index (χ3v) is 2.71. The van der Waals surface area contributed by atoms with Crippen LogP contribution < -0.4 is 10.6 Å². The van der Waals surface area contributed by atoms with E-state index in [9.17, 15) is 4.79 Å². The monoisotopic (exact) mass is 249 g/mol. The number of anilines is 1. The maximum Gasteiger partial charge on any atom is 0.246 e. The number of nitrogens with zero attached hydrogens (tertiary/aromatic N) is 2. The highest BCUT2D eigenvalue weighted by atomic mass is 16.3. The summed E-state index contributed by atoms with van der Waals surface area (Å²) < 4.78 is 5.35. The maximum absolute atomic E-state index is 11.8. The number of hydrogen-bond acceptors (Lipinski definition) is 5. The third kappa shape index (κ3) is 2.20. The number of hydrogen-bond donors (Lipinski definition) is 2. The van der Waals surface area contributed by atoms with Crippen molar-refractivity contribution in [2.45, 2.75) is 13.0 Å². The third-order valence-electron chi connectivity index (χ3n) is 2.71. The number of aliphatic hydroxyl groups excluding tert-OH is 1. The van der Waals surface area contributed by atoms with Crippen molar-refractivity contribution in [1.82, 2.24) is 4.98 Å². The molecule has 1 heterocycles. The first-order valence-corrected chi connectivity index (χ1v) is 5.54. The van der Waals surface area contributed by atoms with Gasteiger partial charge in [0.05, 0.1) is 6.61 Å². The van der Waals surface area contributed by atoms with Crippen molar-refractivity contribution < 1.29 is 14.3 Å². The highest BCUT2D eigenvalue weighted by molar-refractivity contribution is 5.97. The zero-order valence-corrected chi connectivity index (χ0v) is 10.3. The Morgan fingerprint density at radius 3 is 3.00 bits per heavy atom. The van der Waals surface area contributed by atoms with Crippen molar-refractivity contribution >= 4 is 22.7 Å². The van der Waals surface area contributed by atoms with E-state index in [1.165, 1.54) is 4.90 Å². The van der Waals surface area contributed by atoms with Gasteiger partial charge >= 0.3 is 0 Å². The van der Waals surface area contributed by atoms with Crippen LogP contribution in [0.2, 0.25) is 0 Å². The quantitative estimate of drug-likeness (QED) is 0.822. The number of carbonyl (C=O) groups is 1. The van der Waals surface area contributed by atoms with Crippen molar-refractivity contribution in [1.29, 1.82) is 0 Å². The summed E-state index contributed by atoms with van der Waals surface area (Å²) in [5.74, 6) is 0.222. The average molecular weight is 249 g/mol. The summed E-state index contributed by atoms with van der Waals surface area (Å²) in [4.78, 5) is 17.4. The summed E-state index contributed by atoms with van der Waals surface area (Å²) in [6, 6.07) is 4.33. The van der Waals surface area contributed by atoms with E-state index in [2.05, 4.69) is 4.98 Å². The number of oxazole rings is 1. The van der Waals surface area contributed by atoms with E-state index in [1.807, 2.05) is 0 Å². The molecule has 2 aromatic rings. The van der Waals surface area contributed by atoms with Gasteiger partial charge in [0, 0.05) is 19.7 Å². The Morgan fingerprint density at radius 1 is 1.61 bits per heavy atom. The smallest absolute Gasteiger partial charge is 0.246 e. The van der Waals surface area contributed by atoms with Crippen LogP contribution in [0.15, 0.2) is 22.6 Å². The molecule has 18 heavy (non-hydrogen) atoms. The molecule has 2 rings (SSSR count). The number of aromatic nitrogens is 1. The van der Waals surface area contributed by atoms with Crippen molar-refractivity contribution in [2.24, 2.45) is 5.73 Å². The molecule has 0 spiro atoms. The first-order chi connectivity index (χ1) is 8.52. The number of nitrogens with two attached hydrogens (primary N) is 1. The SMILES string of the molecule is Cc1nc2cc(N(C)C(=O)C(N)CO)ccc2o1.